The second-order valence-electron chi connectivity index (χ2n) is 11.3. The number of rotatable bonds is 4. The molecule has 0 bridgehead atoms. The Morgan fingerprint density at radius 2 is 1.58 bits per heavy atom. The van der Waals surface area contributed by atoms with E-state index in [9.17, 15) is 0 Å². The third-order valence-corrected chi connectivity index (χ3v) is 8.50. The first-order chi connectivity index (χ1) is 18.3. The number of hydrogen-bond acceptors (Lipinski definition) is 1. The minimum atomic E-state index is -0.100. The van der Waals surface area contributed by atoms with E-state index in [0.29, 0.717) is 0 Å². The van der Waals surface area contributed by atoms with Crippen LogP contribution >= 0.6 is 0 Å². The van der Waals surface area contributed by atoms with Crippen molar-refractivity contribution in [3.05, 3.63) is 120 Å². The van der Waals surface area contributed by atoms with Crippen molar-refractivity contribution in [2.45, 2.75) is 52.4 Å². The Labute approximate surface area is 228 Å². The van der Waals surface area contributed by atoms with Crippen molar-refractivity contribution in [2.24, 2.45) is 0 Å². The second kappa shape index (κ2) is 8.60. The molecule has 0 saturated carbocycles. The lowest BCUT2D eigenvalue weighted by Crippen LogP contribution is -2.18. The number of allylic oxidation sites excluding steroid dienone is 2. The van der Waals surface area contributed by atoms with Gasteiger partial charge in [0.15, 0.2) is 0 Å². The third-order valence-electron chi connectivity index (χ3n) is 8.50. The Bertz CT molecular complexity index is 1780. The highest BCUT2D eigenvalue weighted by Crippen LogP contribution is 2.54. The van der Waals surface area contributed by atoms with Crippen LogP contribution in [0.15, 0.2) is 95.4 Å². The first-order valence-corrected chi connectivity index (χ1v) is 13.7. The maximum Gasteiger partial charge on any atom is 0.136 e. The van der Waals surface area contributed by atoms with E-state index in [4.69, 9.17) is 4.42 Å². The molecule has 2 aliphatic rings. The Morgan fingerprint density at radius 3 is 2.32 bits per heavy atom. The molecular weight excluding hydrogens is 460 g/mol. The van der Waals surface area contributed by atoms with E-state index in [1.165, 1.54) is 55.3 Å². The molecule has 1 heterocycles. The predicted octanol–water partition coefficient (Wildman–Crippen LogP) is 10.9. The molecule has 0 unspecified atom stereocenters. The smallest absolute Gasteiger partial charge is 0.136 e. The zero-order valence-corrected chi connectivity index (χ0v) is 23.3. The number of fused-ring (bicyclic) bond motifs is 7. The standard InChI is InChI=1S/C35H29O.C2H6.H2/c1-6-21-11-15-24(28(19-21)34(2,3)23-13-14-23)22-12-16-25-29(20-22)35(4,5)27-17-18-31-33(32(25)27)26-9-7-8-10-30(26)36-31;1-2;/h6-20H,1H2,2-5H3;1-2H3;1H. The van der Waals surface area contributed by atoms with Gasteiger partial charge in [0.05, 0.1) is 0 Å². The molecule has 0 atom stereocenters. The number of hydrogen-bond donors (Lipinski definition) is 0. The van der Waals surface area contributed by atoms with E-state index >= 15 is 0 Å². The highest BCUT2D eigenvalue weighted by Gasteiger charge is 2.38. The molecule has 0 spiro atoms. The van der Waals surface area contributed by atoms with Crippen molar-refractivity contribution >= 4 is 28.0 Å². The lowest BCUT2D eigenvalue weighted by atomic mass is 9.76. The SMILES string of the molecule is C=Cc1ccc(-c2ccc3c(c2)C(C)(C)c2ccc4oc5ccccc5c4c2-3)c(C(C)(C)C2=C[CH]2)c1.CC.[HH]. The van der Waals surface area contributed by atoms with Crippen LogP contribution in [0.1, 0.15) is 65.2 Å². The summed E-state index contributed by atoms with van der Waals surface area (Å²) < 4.78 is 6.24. The van der Waals surface area contributed by atoms with Gasteiger partial charge in [0.25, 0.3) is 0 Å². The topological polar surface area (TPSA) is 13.1 Å². The summed E-state index contributed by atoms with van der Waals surface area (Å²) >= 11 is 0. The van der Waals surface area contributed by atoms with Crippen LogP contribution in [-0.4, -0.2) is 0 Å². The zero-order valence-electron chi connectivity index (χ0n) is 23.3. The fourth-order valence-electron chi connectivity index (χ4n) is 6.28. The summed E-state index contributed by atoms with van der Waals surface area (Å²) in [6, 6.07) is 26.6. The highest BCUT2D eigenvalue weighted by atomic mass is 16.3. The van der Waals surface area contributed by atoms with Gasteiger partial charge in [-0.2, -0.15) is 0 Å². The Kier molecular flexibility index (Phi) is 5.54. The molecule has 2 aliphatic carbocycles. The van der Waals surface area contributed by atoms with Gasteiger partial charge in [0.2, 0.25) is 0 Å². The van der Waals surface area contributed by atoms with Gasteiger partial charge in [-0.1, -0.05) is 120 Å². The largest absolute Gasteiger partial charge is 0.456 e. The highest BCUT2D eigenvalue weighted by molar-refractivity contribution is 6.15. The summed E-state index contributed by atoms with van der Waals surface area (Å²) in [7, 11) is 0. The van der Waals surface area contributed by atoms with Crippen LogP contribution in [0.25, 0.3) is 50.3 Å². The predicted molar refractivity (Wildman–Crippen MR) is 166 cm³/mol. The van der Waals surface area contributed by atoms with Crippen LogP contribution in [0.3, 0.4) is 0 Å². The average Bonchev–Trinajstić information content (AvgIpc) is 3.70. The molecular formula is C37H37O. The van der Waals surface area contributed by atoms with E-state index in [2.05, 4.69) is 114 Å². The van der Waals surface area contributed by atoms with Crippen molar-refractivity contribution < 1.29 is 5.84 Å². The van der Waals surface area contributed by atoms with Gasteiger partial charge in [0, 0.05) is 29.4 Å². The number of furan rings is 1. The van der Waals surface area contributed by atoms with E-state index < -0.39 is 0 Å². The molecule has 0 fully saturated rings. The Morgan fingerprint density at radius 1 is 0.842 bits per heavy atom. The van der Waals surface area contributed by atoms with Crippen LogP contribution in [-0.2, 0) is 10.8 Å². The van der Waals surface area contributed by atoms with E-state index in [1.54, 1.807) is 0 Å². The average molecular weight is 498 g/mol. The lowest BCUT2D eigenvalue weighted by molar-refractivity contribution is 0.653. The number of benzene rings is 4. The van der Waals surface area contributed by atoms with Crippen molar-refractivity contribution in [3.63, 3.8) is 0 Å². The summed E-state index contributed by atoms with van der Waals surface area (Å²) in [4.78, 5) is 0. The summed E-state index contributed by atoms with van der Waals surface area (Å²) in [6.07, 6.45) is 6.40. The van der Waals surface area contributed by atoms with Crippen LogP contribution in [0.4, 0.5) is 0 Å². The monoisotopic (exact) mass is 497 g/mol. The third kappa shape index (κ3) is 3.45. The van der Waals surface area contributed by atoms with Gasteiger partial charge in [-0.05, 0) is 62.7 Å². The minimum absolute atomic E-state index is 0. The molecule has 1 nitrogen and oxygen atoms in total. The minimum Gasteiger partial charge on any atom is -0.456 e. The summed E-state index contributed by atoms with van der Waals surface area (Å²) in [5, 5.41) is 2.42. The van der Waals surface area contributed by atoms with Gasteiger partial charge in [-0.3, -0.25) is 0 Å². The maximum atomic E-state index is 6.24. The van der Waals surface area contributed by atoms with Crippen LogP contribution in [0.2, 0.25) is 0 Å². The fourth-order valence-corrected chi connectivity index (χ4v) is 6.28. The molecule has 0 saturated heterocycles. The molecule has 1 heteroatoms. The van der Waals surface area contributed by atoms with Gasteiger partial charge in [0.1, 0.15) is 11.2 Å². The Hall–Kier alpha value is -3.84. The molecule has 4 aromatic carbocycles. The molecule has 191 valence electrons. The molecule has 7 rings (SSSR count). The van der Waals surface area contributed by atoms with E-state index in [0.717, 1.165) is 16.7 Å². The quantitative estimate of drug-likeness (QED) is 0.241. The van der Waals surface area contributed by atoms with Crippen molar-refractivity contribution in [1.29, 1.82) is 0 Å². The first-order valence-electron chi connectivity index (χ1n) is 13.7. The summed E-state index contributed by atoms with van der Waals surface area (Å²) in [6.45, 7) is 17.4. The first kappa shape index (κ1) is 24.5. The van der Waals surface area contributed by atoms with Gasteiger partial charge >= 0.3 is 0 Å². The molecule has 0 aliphatic heterocycles. The molecule has 0 amide bonds. The Balaban J connectivity index is 0.00000101. The molecule has 5 aromatic rings. The van der Waals surface area contributed by atoms with Crippen molar-refractivity contribution in [3.8, 4) is 22.3 Å². The number of para-hydroxylation sites is 1. The van der Waals surface area contributed by atoms with E-state index in [1.807, 2.05) is 26.0 Å². The van der Waals surface area contributed by atoms with Crippen molar-refractivity contribution in [2.75, 3.05) is 0 Å². The van der Waals surface area contributed by atoms with Gasteiger partial charge in [-0.15, -0.1) is 0 Å². The lowest BCUT2D eigenvalue weighted by Gasteiger charge is -2.27. The van der Waals surface area contributed by atoms with Crippen molar-refractivity contribution in [1.82, 2.24) is 0 Å². The maximum absolute atomic E-state index is 6.24. The molecule has 38 heavy (non-hydrogen) atoms. The zero-order chi connectivity index (χ0) is 26.8. The fraction of sp³-hybridized carbons (Fsp3) is 0.216. The van der Waals surface area contributed by atoms with E-state index in [-0.39, 0.29) is 12.3 Å². The normalized spacial score (nSPS) is 14.9. The molecule has 1 radical (unpaired) electrons. The van der Waals surface area contributed by atoms with Gasteiger partial charge < -0.3 is 4.42 Å². The summed E-state index contributed by atoms with van der Waals surface area (Å²) in [5.74, 6) is 0. The van der Waals surface area contributed by atoms with Crippen LogP contribution < -0.4 is 0 Å². The summed E-state index contributed by atoms with van der Waals surface area (Å²) in [5.41, 5.74) is 13.6. The molecule has 1 aromatic heterocycles. The van der Waals surface area contributed by atoms with Crippen LogP contribution in [0, 0.1) is 6.42 Å². The molecule has 0 N–H and O–H groups in total. The van der Waals surface area contributed by atoms with Gasteiger partial charge in [-0.25, -0.2) is 0 Å². The second-order valence-corrected chi connectivity index (χ2v) is 11.3. The van der Waals surface area contributed by atoms with Crippen LogP contribution in [0.5, 0.6) is 0 Å².